The van der Waals surface area contributed by atoms with E-state index in [2.05, 4.69) is 50.0 Å². The Hall–Kier alpha value is -2.20. The summed E-state index contributed by atoms with van der Waals surface area (Å²) in [5.74, 6) is 9.38. The molecule has 28 heavy (non-hydrogen) atoms. The normalized spacial score (nSPS) is 18.9. The van der Waals surface area contributed by atoms with Crippen LogP contribution in [0.1, 0.15) is 75.5 Å². The zero-order valence-electron chi connectivity index (χ0n) is 17.5. The standard InChI is InChI=1S/C27H34O/c1-3-21-28-27-19-17-26(18-20-27)16-15-25-13-11-24(12-14-25)10-9-23-7-5-22(4-2)6-8-23/h11-14,17-20,22-23H,3-10,21H2,1-2H3/t22-,23-. The average Bonchev–Trinajstić information content (AvgIpc) is 2.76. The van der Waals surface area contributed by atoms with E-state index in [4.69, 9.17) is 4.74 Å². The summed E-state index contributed by atoms with van der Waals surface area (Å²) in [6.45, 7) is 5.21. The molecular weight excluding hydrogens is 340 g/mol. The Labute approximate surface area is 171 Å². The highest BCUT2D eigenvalue weighted by molar-refractivity contribution is 5.44. The minimum atomic E-state index is 0.761. The van der Waals surface area contributed by atoms with Crippen molar-refractivity contribution in [2.75, 3.05) is 6.61 Å². The first-order chi connectivity index (χ1) is 13.8. The SMILES string of the molecule is CCCOc1ccc(C#Cc2ccc(CC[C@H]3CC[C@H](CC)CC3)cc2)cc1. The van der Waals surface area contributed by atoms with Crippen molar-refractivity contribution in [3.63, 3.8) is 0 Å². The summed E-state index contributed by atoms with van der Waals surface area (Å²) in [5, 5.41) is 0. The molecule has 0 spiro atoms. The highest BCUT2D eigenvalue weighted by Gasteiger charge is 2.19. The molecule has 0 unspecified atom stereocenters. The van der Waals surface area contributed by atoms with Crippen LogP contribution < -0.4 is 4.74 Å². The van der Waals surface area contributed by atoms with Crippen molar-refractivity contribution in [3.8, 4) is 17.6 Å². The maximum Gasteiger partial charge on any atom is 0.119 e. The van der Waals surface area contributed by atoms with Crippen molar-refractivity contribution in [1.82, 2.24) is 0 Å². The molecule has 0 heterocycles. The van der Waals surface area contributed by atoms with Gasteiger partial charge in [-0.3, -0.25) is 0 Å². The van der Waals surface area contributed by atoms with Crippen molar-refractivity contribution >= 4 is 0 Å². The fraction of sp³-hybridized carbons (Fsp3) is 0.481. The second-order valence-corrected chi connectivity index (χ2v) is 8.15. The summed E-state index contributed by atoms with van der Waals surface area (Å²) in [5.41, 5.74) is 3.55. The molecule has 2 aromatic rings. The van der Waals surface area contributed by atoms with Gasteiger partial charge in [0.2, 0.25) is 0 Å². The summed E-state index contributed by atoms with van der Waals surface area (Å²) in [7, 11) is 0. The minimum Gasteiger partial charge on any atom is -0.494 e. The molecule has 0 saturated heterocycles. The van der Waals surface area contributed by atoms with Gasteiger partial charge in [0.15, 0.2) is 0 Å². The second-order valence-electron chi connectivity index (χ2n) is 8.15. The molecule has 1 nitrogen and oxygen atoms in total. The van der Waals surface area contributed by atoms with Crippen molar-refractivity contribution in [1.29, 1.82) is 0 Å². The Kier molecular flexibility index (Phi) is 8.04. The van der Waals surface area contributed by atoms with Crippen LogP contribution in [0, 0.1) is 23.7 Å². The summed E-state index contributed by atoms with van der Waals surface area (Å²) < 4.78 is 5.62. The molecule has 0 aromatic heterocycles. The fourth-order valence-corrected chi connectivity index (χ4v) is 4.05. The van der Waals surface area contributed by atoms with Crippen LogP contribution in [0.3, 0.4) is 0 Å². The minimum absolute atomic E-state index is 0.761. The van der Waals surface area contributed by atoms with Gasteiger partial charge in [0.05, 0.1) is 6.61 Å². The molecular formula is C27H34O. The molecule has 0 aliphatic heterocycles. The van der Waals surface area contributed by atoms with Crippen molar-refractivity contribution in [2.24, 2.45) is 11.8 Å². The van der Waals surface area contributed by atoms with Crippen LogP contribution in [0.5, 0.6) is 5.75 Å². The summed E-state index contributed by atoms with van der Waals surface area (Å²) in [6, 6.07) is 16.9. The van der Waals surface area contributed by atoms with E-state index in [0.29, 0.717) is 0 Å². The smallest absolute Gasteiger partial charge is 0.119 e. The van der Waals surface area contributed by atoms with Crippen molar-refractivity contribution < 1.29 is 4.74 Å². The molecule has 3 rings (SSSR count). The van der Waals surface area contributed by atoms with Gasteiger partial charge < -0.3 is 4.74 Å². The first-order valence-electron chi connectivity index (χ1n) is 11.1. The molecule has 1 aliphatic carbocycles. The Morgan fingerprint density at radius 1 is 0.786 bits per heavy atom. The van der Waals surface area contributed by atoms with Gasteiger partial charge in [-0.15, -0.1) is 0 Å². The molecule has 0 bridgehead atoms. The zero-order chi connectivity index (χ0) is 19.6. The van der Waals surface area contributed by atoms with Crippen LogP contribution in [0.25, 0.3) is 0 Å². The summed E-state index contributed by atoms with van der Waals surface area (Å²) in [6.07, 6.45) is 10.7. The Balaban J connectivity index is 1.47. The quantitative estimate of drug-likeness (QED) is 0.473. The van der Waals surface area contributed by atoms with Gasteiger partial charge in [-0.05, 0) is 73.1 Å². The molecule has 0 atom stereocenters. The van der Waals surface area contributed by atoms with Crippen LogP contribution >= 0.6 is 0 Å². The Morgan fingerprint density at radius 2 is 1.36 bits per heavy atom. The van der Waals surface area contributed by atoms with Gasteiger partial charge >= 0.3 is 0 Å². The number of hydrogen-bond donors (Lipinski definition) is 0. The lowest BCUT2D eigenvalue weighted by molar-refractivity contribution is 0.259. The predicted octanol–water partition coefficient (Wildman–Crippen LogP) is 7.02. The number of ether oxygens (including phenoxy) is 1. The van der Waals surface area contributed by atoms with E-state index < -0.39 is 0 Å². The molecule has 0 radical (unpaired) electrons. The summed E-state index contributed by atoms with van der Waals surface area (Å²) in [4.78, 5) is 0. The number of hydrogen-bond acceptors (Lipinski definition) is 1. The van der Waals surface area contributed by atoms with Gasteiger partial charge in [-0.2, -0.15) is 0 Å². The monoisotopic (exact) mass is 374 g/mol. The Morgan fingerprint density at radius 3 is 1.93 bits per heavy atom. The Bertz CT molecular complexity index is 753. The van der Waals surface area contributed by atoms with E-state index >= 15 is 0 Å². The molecule has 1 heteroatoms. The van der Waals surface area contributed by atoms with E-state index in [1.807, 2.05) is 24.3 Å². The number of rotatable bonds is 7. The third-order valence-corrected chi connectivity index (χ3v) is 6.02. The largest absolute Gasteiger partial charge is 0.494 e. The van der Waals surface area contributed by atoms with Gasteiger partial charge in [0, 0.05) is 11.1 Å². The summed E-state index contributed by atoms with van der Waals surface area (Å²) >= 11 is 0. The molecule has 148 valence electrons. The second kappa shape index (κ2) is 11.0. The lowest BCUT2D eigenvalue weighted by Gasteiger charge is -2.27. The molecule has 2 aromatic carbocycles. The van der Waals surface area contributed by atoms with E-state index in [1.165, 1.54) is 50.5 Å². The maximum absolute atomic E-state index is 5.62. The van der Waals surface area contributed by atoms with E-state index in [1.54, 1.807) is 0 Å². The fourth-order valence-electron chi connectivity index (χ4n) is 4.05. The number of benzene rings is 2. The average molecular weight is 375 g/mol. The predicted molar refractivity (Wildman–Crippen MR) is 119 cm³/mol. The molecule has 1 saturated carbocycles. The van der Waals surface area contributed by atoms with Gasteiger partial charge in [-0.1, -0.05) is 69.9 Å². The third-order valence-electron chi connectivity index (χ3n) is 6.02. The van der Waals surface area contributed by atoms with Crippen LogP contribution in [0.4, 0.5) is 0 Å². The molecule has 1 aliphatic rings. The van der Waals surface area contributed by atoms with Crippen LogP contribution in [-0.4, -0.2) is 6.61 Å². The third kappa shape index (κ3) is 6.45. The van der Waals surface area contributed by atoms with E-state index in [0.717, 1.165) is 41.7 Å². The maximum atomic E-state index is 5.62. The van der Waals surface area contributed by atoms with Crippen LogP contribution in [0.15, 0.2) is 48.5 Å². The first-order valence-corrected chi connectivity index (χ1v) is 11.1. The van der Waals surface area contributed by atoms with Gasteiger partial charge in [-0.25, -0.2) is 0 Å². The van der Waals surface area contributed by atoms with Crippen LogP contribution in [-0.2, 0) is 6.42 Å². The molecule has 0 amide bonds. The molecule has 0 N–H and O–H groups in total. The lowest BCUT2D eigenvalue weighted by Crippen LogP contribution is -2.14. The highest BCUT2D eigenvalue weighted by atomic mass is 16.5. The zero-order valence-corrected chi connectivity index (χ0v) is 17.5. The van der Waals surface area contributed by atoms with E-state index in [9.17, 15) is 0 Å². The topological polar surface area (TPSA) is 9.23 Å². The van der Waals surface area contributed by atoms with Crippen molar-refractivity contribution in [3.05, 3.63) is 65.2 Å². The number of aryl methyl sites for hydroxylation is 1. The lowest BCUT2D eigenvalue weighted by atomic mass is 9.78. The highest BCUT2D eigenvalue weighted by Crippen LogP contribution is 2.33. The van der Waals surface area contributed by atoms with E-state index in [-0.39, 0.29) is 0 Å². The first kappa shape index (κ1) is 20.5. The van der Waals surface area contributed by atoms with Gasteiger partial charge in [0.25, 0.3) is 0 Å². The molecule has 1 fully saturated rings. The van der Waals surface area contributed by atoms with Gasteiger partial charge in [0.1, 0.15) is 5.75 Å². The van der Waals surface area contributed by atoms with Crippen LogP contribution in [0.2, 0.25) is 0 Å². The van der Waals surface area contributed by atoms with Crippen molar-refractivity contribution in [2.45, 2.75) is 65.2 Å².